The molecule has 0 spiro atoms. The van der Waals surface area contributed by atoms with Gasteiger partial charge in [-0.25, -0.2) is 19.6 Å². The number of nitrogens with one attached hydrogen (secondary N) is 2. The third-order valence-corrected chi connectivity index (χ3v) is 7.41. The van der Waals surface area contributed by atoms with Gasteiger partial charge in [0, 0.05) is 57.7 Å². The summed E-state index contributed by atoms with van der Waals surface area (Å²) < 4.78 is 19.4. The highest BCUT2D eigenvalue weighted by atomic mass is 35.5. The molecular weight excluding hydrogens is 551 g/mol. The Bertz CT molecular complexity index is 1380. The molecule has 4 rings (SSSR count). The number of nitrogens with zero attached hydrogens (tertiary/aromatic N) is 4. The molecule has 0 saturated carbocycles. The Hall–Kier alpha value is -3.80. The van der Waals surface area contributed by atoms with E-state index in [1.54, 1.807) is 23.2 Å². The maximum atomic E-state index is 14.0. The summed E-state index contributed by atoms with van der Waals surface area (Å²) in [7, 11) is 2.01. The number of amides is 3. The summed E-state index contributed by atoms with van der Waals surface area (Å²) in [6.07, 6.45) is 1.28. The Morgan fingerprint density at radius 1 is 1.10 bits per heavy atom. The second-order valence-corrected chi connectivity index (χ2v) is 10.3. The van der Waals surface area contributed by atoms with Crippen LogP contribution in [-0.4, -0.2) is 83.6 Å². The van der Waals surface area contributed by atoms with E-state index in [1.807, 2.05) is 31.3 Å². The number of aromatic nitrogens is 1. The minimum atomic E-state index is -0.750. The molecule has 3 aromatic rings. The van der Waals surface area contributed by atoms with Crippen molar-refractivity contribution in [1.82, 2.24) is 25.2 Å². The quantitative estimate of drug-likeness (QED) is 0.346. The molecule has 1 aromatic heterocycles. The predicted molar refractivity (Wildman–Crippen MR) is 155 cm³/mol. The Morgan fingerprint density at radius 2 is 1.83 bits per heavy atom. The van der Waals surface area contributed by atoms with Crippen molar-refractivity contribution >= 4 is 46.1 Å². The van der Waals surface area contributed by atoms with Crippen molar-refractivity contribution in [3.63, 3.8) is 0 Å². The van der Waals surface area contributed by atoms with Crippen molar-refractivity contribution in [2.45, 2.75) is 32.4 Å². The van der Waals surface area contributed by atoms with E-state index in [0.717, 1.165) is 23.9 Å². The first-order chi connectivity index (χ1) is 19.7. The van der Waals surface area contributed by atoms with Crippen LogP contribution in [0.4, 0.5) is 15.0 Å². The molecule has 0 unspecified atom stereocenters. The first-order valence-electron chi connectivity index (χ1n) is 13.4. The van der Waals surface area contributed by atoms with Crippen molar-refractivity contribution in [2.75, 3.05) is 45.2 Å². The largest absolute Gasteiger partial charge is 0.447 e. The number of anilines is 1. The summed E-state index contributed by atoms with van der Waals surface area (Å²) in [6, 6.07) is 13.1. The number of pyridine rings is 1. The van der Waals surface area contributed by atoms with E-state index in [1.165, 1.54) is 24.1 Å². The van der Waals surface area contributed by atoms with Crippen LogP contribution >= 0.6 is 11.6 Å². The highest BCUT2D eigenvalue weighted by molar-refractivity contribution is 6.31. The number of rotatable bonds is 10. The number of hydrogen-bond acceptors (Lipinski definition) is 7. The molecule has 1 fully saturated rings. The topological polar surface area (TPSA) is 107 Å². The molecule has 0 radical (unpaired) electrons. The minimum absolute atomic E-state index is 0.0374. The summed E-state index contributed by atoms with van der Waals surface area (Å²) in [5, 5.41) is 5.70. The van der Waals surface area contributed by atoms with Crippen molar-refractivity contribution in [3.05, 3.63) is 71.1 Å². The van der Waals surface area contributed by atoms with Gasteiger partial charge in [-0.15, -0.1) is 0 Å². The minimum Gasteiger partial charge on any atom is -0.447 e. The van der Waals surface area contributed by atoms with Crippen LogP contribution in [0, 0.1) is 5.82 Å². The molecule has 1 aliphatic rings. The molecule has 41 heavy (non-hydrogen) atoms. The van der Waals surface area contributed by atoms with E-state index < -0.39 is 18.0 Å². The number of benzene rings is 2. The Labute approximate surface area is 243 Å². The van der Waals surface area contributed by atoms with Gasteiger partial charge < -0.3 is 14.5 Å². The fourth-order valence-corrected chi connectivity index (χ4v) is 4.80. The van der Waals surface area contributed by atoms with E-state index in [4.69, 9.17) is 16.3 Å². The van der Waals surface area contributed by atoms with Crippen LogP contribution in [0.5, 0.6) is 0 Å². The van der Waals surface area contributed by atoms with Crippen LogP contribution < -0.4 is 10.7 Å². The van der Waals surface area contributed by atoms with Gasteiger partial charge in [0.25, 0.3) is 0 Å². The molecule has 2 aromatic carbocycles. The summed E-state index contributed by atoms with van der Waals surface area (Å²) in [5.41, 5.74) is 3.43. The van der Waals surface area contributed by atoms with Gasteiger partial charge in [-0.1, -0.05) is 48.0 Å². The van der Waals surface area contributed by atoms with Gasteiger partial charge in [0.05, 0.1) is 11.1 Å². The molecule has 1 saturated heterocycles. The molecule has 10 nitrogen and oxygen atoms in total. The number of ether oxygens (including phenoxy) is 1. The predicted octanol–water partition coefficient (Wildman–Crippen LogP) is 4.05. The van der Waals surface area contributed by atoms with E-state index in [0.29, 0.717) is 24.5 Å². The fraction of sp³-hybridized carbons (Fsp3) is 0.379. The fourth-order valence-electron chi connectivity index (χ4n) is 4.61. The zero-order chi connectivity index (χ0) is 29.4. The van der Waals surface area contributed by atoms with Crippen LogP contribution in [0.1, 0.15) is 25.3 Å². The standard InChI is InChI=1S/C29H34ClFN6O4/c1-20(38)37(33-18-23-8-5-9-25(31)28(23)30)24(10-11-27(39)36-14-12-35(2)13-15-36)19-41-29(40)34-26-16-21-6-3-4-7-22(21)17-32-26/h3-9,16-17,24,33H,10-15,18-19H2,1-2H3,(H,32,34,40)/t24-/m0/s1. The monoisotopic (exact) mass is 584 g/mol. The molecule has 1 aliphatic heterocycles. The van der Waals surface area contributed by atoms with E-state index >= 15 is 0 Å². The average molecular weight is 585 g/mol. The second kappa shape index (κ2) is 14.2. The van der Waals surface area contributed by atoms with Crippen molar-refractivity contribution in [1.29, 1.82) is 0 Å². The summed E-state index contributed by atoms with van der Waals surface area (Å²) in [5.74, 6) is -0.658. The highest BCUT2D eigenvalue weighted by Crippen LogP contribution is 2.20. The molecule has 12 heteroatoms. The number of piperazine rings is 1. The van der Waals surface area contributed by atoms with E-state index in [9.17, 15) is 18.8 Å². The van der Waals surface area contributed by atoms with E-state index in [-0.39, 0.29) is 42.8 Å². The van der Waals surface area contributed by atoms with E-state index in [2.05, 4.69) is 20.6 Å². The Balaban J connectivity index is 1.43. The molecule has 3 amide bonds. The SMILES string of the molecule is CC(=O)N(NCc1cccc(F)c1Cl)[C@@H](CCC(=O)N1CCN(C)CC1)COC(=O)Nc1cc2ccccc2cn1. The summed E-state index contributed by atoms with van der Waals surface area (Å²) in [6.45, 7) is 4.04. The Kier molecular flexibility index (Phi) is 10.4. The number of carbonyl (C=O) groups is 3. The van der Waals surface area contributed by atoms with Crippen molar-refractivity contribution in [2.24, 2.45) is 0 Å². The molecule has 0 bridgehead atoms. The third-order valence-electron chi connectivity index (χ3n) is 6.99. The van der Waals surface area contributed by atoms with Crippen molar-refractivity contribution < 1.29 is 23.5 Å². The van der Waals surface area contributed by atoms with Gasteiger partial charge in [-0.05, 0) is 36.6 Å². The number of halogens is 2. The lowest BCUT2D eigenvalue weighted by Gasteiger charge is -2.34. The molecule has 0 aliphatic carbocycles. The first kappa shape index (κ1) is 30.2. The summed E-state index contributed by atoms with van der Waals surface area (Å²) >= 11 is 6.10. The summed E-state index contributed by atoms with van der Waals surface area (Å²) in [4.78, 5) is 46.5. The smallest absolute Gasteiger partial charge is 0.412 e. The van der Waals surface area contributed by atoms with Gasteiger partial charge >= 0.3 is 6.09 Å². The second-order valence-electron chi connectivity index (χ2n) is 9.95. The lowest BCUT2D eigenvalue weighted by atomic mass is 10.1. The molecular formula is C29H34ClFN6O4. The van der Waals surface area contributed by atoms with Crippen LogP contribution in [0.25, 0.3) is 10.8 Å². The average Bonchev–Trinajstić information content (AvgIpc) is 2.96. The normalized spacial score (nSPS) is 14.5. The van der Waals surface area contributed by atoms with Gasteiger partial charge in [0.15, 0.2) is 0 Å². The molecule has 2 N–H and O–H groups in total. The number of fused-ring (bicyclic) bond motifs is 1. The lowest BCUT2D eigenvalue weighted by molar-refractivity contribution is -0.139. The molecule has 2 heterocycles. The lowest BCUT2D eigenvalue weighted by Crippen LogP contribution is -2.51. The zero-order valence-electron chi connectivity index (χ0n) is 23.1. The maximum absolute atomic E-state index is 14.0. The first-order valence-corrected chi connectivity index (χ1v) is 13.8. The van der Waals surface area contributed by atoms with Gasteiger partial charge in [0.1, 0.15) is 18.2 Å². The van der Waals surface area contributed by atoms with Gasteiger partial charge in [-0.3, -0.25) is 19.9 Å². The maximum Gasteiger partial charge on any atom is 0.412 e. The zero-order valence-corrected chi connectivity index (χ0v) is 23.9. The Morgan fingerprint density at radius 3 is 2.56 bits per heavy atom. The van der Waals surface area contributed by atoms with Gasteiger partial charge in [-0.2, -0.15) is 0 Å². The molecule has 1 atom stereocenters. The van der Waals surface area contributed by atoms with Crippen molar-refractivity contribution in [3.8, 4) is 0 Å². The highest BCUT2D eigenvalue weighted by Gasteiger charge is 2.26. The van der Waals surface area contributed by atoms with Crippen LogP contribution in [-0.2, 0) is 20.9 Å². The van der Waals surface area contributed by atoms with Gasteiger partial charge in [0.2, 0.25) is 11.8 Å². The van der Waals surface area contributed by atoms with Crippen LogP contribution in [0.3, 0.4) is 0 Å². The number of carbonyl (C=O) groups excluding carboxylic acids is 3. The number of hydrazine groups is 1. The number of hydrogen-bond donors (Lipinski definition) is 2. The molecule has 218 valence electrons. The van der Waals surface area contributed by atoms with Crippen LogP contribution in [0.2, 0.25) is 5.02 Å². The third kappa shape index (κ3) is 8.35. The number of likely N-dealkylation sites (N-methyl/N-ethyl adjacent to an activating group) is 1. The van der Waals surface area contributed by atoms with Crippen LogP contribution in [0.15, 0.2) is 54.7 Å².